The molecule has 0 aliphatic heterocycles. The van der Waals surface area contributed by atoms with Gasteiger partial charge in [-0.2, -0.15) is 0 Å². The molecule has 0 bridgehead atoms. The van der Waals surface area contributed by atoms with Crippen LogP contribution in [-0.4, -0.2) is 34.6 Å². The van der Waals surface area contributed by atoms with Gasteiger partial charge in [0.25, 0.3) is 0 Å². The number of aliphatic carboxylic acids is 1. The molecular weight excluding hydrogens is 268 g/mol. The van der Waals surface area contributed by atoms with E-state index in [0.29, 0.717) is 24.2 Å². The lowest BCUT2D eigenvalue weighted by Gasteiger charge is -2.26. The van der Waals surface area contributed by atoms with Gasteiger partial charge in [0.2, 0.25) is 0 Å². The van der Waals surface area contributed by atoms with Crippen molar-refractivity contribution in [1.29, 1.82) is 0 Å². The highest BCUT2D eigenvalue weighted by atomic mass is 16.4. The summed E-state index contributed by atoms with van der Waals surface area (Å²) in [6.07, 6.45) is 5.79. The highest BCUT2D eigenvalue weighted by molar-refractivity contribution is 5.89. The molecule has 1 aromatic carbocycles. The van der Waals surface area contributed by atoms with E-state index in [1.165, 1.54) is 0 Å². The smallest absolute Gasteiger partial charge is 0.322 e. The molecule has 0 spiro atoms. The highest BCUT2D eigenvalue weighted by Crippen LogP contribution is 2.12. The summed E-state index contributed by atoms with van der Waals surface area (Å²) < 4.78 is 0. The molecular formula is C16H20N2O3. The number of carboxylic acid groups (broad SMARTS) is 1. The second-order valence-corrected chi connectivity index (χ2v) is 4.94. The molecule has 21 heavy (non-hydrogen) atoms. The van der Waals surface area contributed by atoms with E-state index < -0.39 is 5.97 Å². The van der Waals surface area contributed by atoms with Crippen molar-refractivity contribution in [3.63, 3.8) is 0 Å². The van der Waals surface area contributed by atoms with Gasteiger partial charge in [-0.15, -0.1) is 6.42 Å². The molecule has 0 fully saturated rings. The van der Waals surface area contributed by atoms with Crippen molar-refractivity contribution in [2.75, 3.05) is 11.9 Å². The largest absolute Gasteiger partial charge is 0.481 e. The van der Waals surface area contributed by atoms with Gasteiger partial charge in [0.05, 0.1) is 0 Å². The Morgan fingerprint density at radius 2 is 2.14 bits per heavy atom. The van der Waals surface area contributed by atoms with E-state index in [-0.39, 0.29) is 18.5 Å². The van der Waals surface area contributed by atoms with Crippen LogP contribution in [0.4, 0.5) is 10.5 Å². The summed E-state index contributed by atoms with van der Waals surface area (Å²) >= 11 is 0. The first-order valence-electron chi connectivity index (χ1n) is 6.80. The number of carboxylic acids is 1. The Kier molecular flexibility index (Phi) is 6.28. The number of nitrogens with one attached hydrogen (secondary N) is 1. The van der Waals surface area contributed by atoms with Gasteiger partial charge in [0.1, 0.15) is 0 Å². The molecule has 0 heterocycles. The fourth-order valence-electron chi connectivity index (χ4n) is 1.88. The minimum Gasteiger partial charge on any atom is -0.481 e. The summed E-state index contributed by atoms with van der Waals surface area (Å²) in [7, 11) is 0. The number of benzene rings is 1. The molecule has 0 saturated carbocycles. The first-order chi connectivity index (χ1) is 9.93. The van der Waals surface area contributed by atoms with Gasteiger partial charge in [0.15, 0.2) is 0 Å². The van der Waals surface area contributed by atoms with Crippen molar-refractivity contribution in [3.05, 3.63) is 29.8 Å². The number of nitrogens with zero attached hydrogens (tertiary/aromatic N) is 1. The van der Waals surface area contributed by atoms with Crippen molar-refractivity contribution in [3.8, 4) is 12.3 Å². The van der Waals surface area contributed by atoms with Gasteiger partial charge >= 0.3 is 12.0 Å². The Hall–Kier alpha value is -2.48. The van der Waals surface area contributed by atoms with Crippen LogP contribution in [0.2, 0.25) is 0 Å². The number of anilines is 1. The van der Waals surface area contributed by atoms with Crippen molar-refractivity contribution in [2.24, 2.45) is 0 Å². The number of amides is 2. The van der Waals surface area contributed by atoms with Crippen molar-refractivity contribution < 1.29 is 14.7 Å². The zero-order chi connectivity index (χ0) is 15.8. The number of rotatable bonds is 6. The Labute approximate surface area is 125 Å². The molecule has 2 amide bonds. The Morgan fingerprint density at radius 1 is 1.43 bits per heavy atom. The highest BCUT2D eigenvalue weighted by Gasteiger charge is 2.17. The number of hydrogen-bond donors (Lipinski definition) is 2. The molecule has 2 N–H and O–H groups in total. The summed E-state index contributed by atoms with van der Waals surface area (Å²) in [5, 5.41) is 11.4. The van der Waals surface area contributed by atoms with Crippen LogP contribution in [0.15, 0.2) is 24.3 Å². The maximum absolute atomic E-state index is 12.2. The van der Waals surface area contributed by atoms with E-state index in [4.69, 9.17) is 11.5 Å². The molecule has 1 aromatic rings. The lowest BCUT2D eigenvalue weighted by molar-refractivity contribution is -0.137. The molecule has 0 aliphatic carbocycles. The lowest BCUT2D eigenvalue weighted by Crippen LogP contribution is -2.40. The quantitative estimate of drug-likeness (QED) is 0.791. The summed E-state index contributed by atoms with van der Waals surface area (Å²) in [5.41, 5.74) is 1.31. The zero-order valence-electron chi connectivity index (χ0n) is 12.3. The minimum absolute atomic E-state index is 0.0189. The Balaban J connectivity index is 2.68. The number of urea groups is 1. The molecule has 5 nitrogen and oxygen atoms in total. The predicted octanol–water partition coefficient (Wildman–Crippen LogP) is 2.78. The molecule has 1 rings (SSSR count). The summed E-state index contributed by atoms with van der Waals surface area (Å²) in [6.45, 7) is 4.17. The van der Waals surface area contributed by atoms with Gasteiger partial charge in [-0.05, 0) is 38.5 Å². The fourth-order valence-corrected chi connectivity index (χ4v) is 1.88. The van der Waals surface area contributed by atoms with Gasteiger partial charge in [-0.25, -0.2) is 4.79 Å². The van der Waals surface area contributed by atoms with Crippen LogP contribution < -0.4 is 5.32 Å². The topological polar surface area (TPSA) is 69.6 Å². The molecule has 0 unspecified atom stereocenters. The summed E-state index contributed by atoms with van der Waals surface area (Å²) in [4.78, 5) is 24.4. The SMILES string of the molecule is C#Cc1cccc(NC(=O)N(CCCC(=O)O)C(C)C)c1. The van der Waals surface area contributed by atoms with Crippen molar-refractivity contribution in [1.82, 2.24) is 4.90 Å². The zero-order valence-corrected chi connectivity index (χ0v) is 12.3. The average molecular weight is 288 g/mol. The first kappa shape index (κ1) is 16.6. The van der Waals surface area contributed by atoms with E-state index >= 15 is 0 Å². The number of terminal acetylenes is 1. The molecule has 112 valence electrons. The second kappa shape index (κ2) is 7.95. The third-order valence-corrected chi connectivity index (χ3v) is 2.95. The molecule has 0 aliphatic rings. The van der Waals surface area contributed by atoms with Gasteiger partial charge in [-0.3, -0.25) is 4.79 Å². The molecule has 0 radical (unpaired) electrons. The standard InChI is InChI=1S/C16H20N2O3/c1-4-13-7-5-8-14(11-13)17-16(21)18(12(2)3)10-6-9-15(19)20/h1,5,7-8,11-12H,6,9-10H2,2-3H3,(H,17,21)(H,19,20). The van der Waals surface area contributed by atoms with Crippen LogP contribution in [0.3, 0.4) is 0 Å². The van der Waals surface area contributed by atoms with Crippen LogP contribution in [0.25, 0.3) is 0 Å². The maximum atomic E-state index is 12.2. The monoisotopic (exact) mass is 288 g/mol. The van der Waals surface area contributed by atoms with Crippen LogP contribution in [0.1, 0.15) is 32.3 Å². The van der Waals surface area contributed by atoms with Crippen LogP contribution in [0.5, 0.6) is 0 Å². The van der Waals surface area contributed by atoms with Gasteiger partial charge in [0, 0.05) is 30.3 Å². The van der Waals surface area contributed by atoms with E-state index in [1.54, 1.807) is 29.2 Å². The van der Waals surface area contributed by atoms with E-state index in [1.807, 2.05) is 13.8 Å². The summed E-state index contributed by atoms with van der Waals surface area (Å²) in [6, 6.07) is 6.75. The lowest BCUT2D eigenvalue weighted by atomic mass is 10.2. The Bertz CT molecular complexity index is 547. The van der Waals surface area contributed by atoms with Gasteiger partial charge in [-0.1, -0.05) is 12.0 Å². The molecule has 0 saturated heterocycles. The fraction of sp³-hybridized carbons (Fsp3) is 0.375. The Morgan fingerprint density at radius 3 is 2.71 bits per heavy atom. The average Bonchev–Trinajstić information content (AvgIpc) is 2.42. The van der Waals surface area contributed by atoms with E-state index in [2.05, 4.69) is 11.2 Å². The van der Waals surface area contributed by atoms with Crippen LogP contribution in [-0.2, 0) is 4.79 Å². The number of hydrogen-bond acceptors (Lipinski definition) is 2. The van der Waals surface area contributed by atoms with E-state index in [0.717, 1.165) is 0 Å². The first-order valence-corrected chi connectivity index (χ1v) is 6.80. The third kappa shape index (κ3) is 5.57. The predicted molar refractivity (Wildman–Crippen MR) is 82.1 cm³/mol. The number of carbonyl (C=O) groups is 2. The van der Waals surface area contributed by atoms with Crippen LogP contribution >= 0.6 is 0 Å². The van der Waals surface area contributed by atoms with Crippen molar-refractivity contribution in [2.45, 2.75) is 32.7 Å². The molecule has 5 heteroatoms. The summed E-state index contributed by atoms with van der Waals surface area (Å²) in [5.74, 6) is 1.65. The van der Waals surface area contributed by atoms with E-state index in [9.17, 15) is 9.59 Å². The normalized spacial score (nSPS) is 10.0. The third-order valence-electron chi connectivity index (χ3n) is 2.95. The number of carbonyl (C=O) groups excluding carboxylic acids is 1. The maximum Gasteiger partial charge on any atom is 0.322 e. The second-order valence-electron chi connectivity index (χ2n) is 4.94. The van der Waals surface area contributed by atoms with Crippen LogP contribution in [0, 0.1) is 12.3 Å². The molecule has 0 atom stereocenters. The minimum atomic E-state index is -0.860. The molecule has 0 aromatic heterocycles. The van der Waals surface area contributed by atoms with Crippen molar-refractivity contribution >= 4 is 17.7 Å². The van der Waals surface area contributed by atoms with Gasteiger partial charge < -0.3 is 15.3 Å².